The summed E-state index contributed by atoms with van der Waals surface area (Å²) in [5.41, 5.74) is 6.39. The maximum absolute atomic E-state index is 12.7. The number of Topliss-reactive ketones (excluding diaryl/α,β-unsaturated/α-hetero) is 1. The molecule has 0 saturated carbocycles. The molecule has 0 saturated heterocycles. The Labute approximate surface area is 139 Å². The van der Waals surface area contributed by atoms with Crippen molar-refractivity contribution in [2.24, 2.45) is 5.10 Å². The van der Waals surface area contributed by atoms with Crippen LogP contribution in [0.1, 0.15) is 30.6 Å². The van der Waals surface area contributed by atoms with Crippen molar-refractivity contribution in [1.82, 2.24) is 5.01 Å². The second-order valence-electron chi connectivity index (χ2n) is 5.16. The third-order valence-electron chi connectivity index (χ3n) is 3.56. The predicted octanol–water partition coefficient (Wildman–Crippen LogP) is 1.00. The molecule has 0 spiro atoms. The van der Waals surface area contributed by atoms with Gasteiger partial charge in [0.15, 0.2) is 6.04 Å². The number of ether oxygens (including phenoxy) is 2. The molecule has 0 radical (unpaired) electrons. The van der Waals surface area contributed by atoms with E-state index in [4.69, 9.17) is 15.2 Å². The predicted molar refractivity (Wildman–Crippen MR) is 86.7 cm³/mol. The third-order valence-corrected chi connectivity index (χ3v) is 3.56. The van der Waals surface area contributed by atoms with Gasteiger partial charge >= 0.3 is 5.97 Å². The summed E-state index contributed by atoms with van der Waals surface area (Å²) in [4.78, 5) is 36.4. The Kier molecular flexibility index (Phi) is 5.18. The summed E-state index contributed by atoms with van der Waals surface area (Å²) in [6.45, 7) is 3.10. The number of hydrogen-bond acceptors (Lipinski definition) is 7. The molecule has 24 heavy (non-hydrogen) atoms. The number of esters is 1. The van der Waals surface area contributed by atoms with Crippen LogP contribution in [0.25, 0.3) is 0 Å². The summed E-state index contributed by atoms with van der Waals surface area (Å²) in [5.74, 6) is -1.03. The van der Waals surface area contributed by atoms with E-state index in [1.165, 1.54) is 20.1 Å². The molecule has 0 aliphatic carbocycles. The fourth-order valence-corrected chi connectivity index (χ4v) is 2.37. The van der Waals surface area contributed by atoms with E-state index >= 15 is 0 Å². The fraction of sp³-hybridized carbons (Fsp3) is 0.375. The monoisotopic (exact) mass is 333 g/mol. The van der Waals surface area contributed by atoms with Gasteiger partial charge < -0.3 is 15.2 Å². The Hall–Kier alpha value is -2.90. The van der Waals surface area contributed by atoms with E-state index in [9.17, 15) is 14.4 Å². The van der Waals surface area contributed by atoms with E-state index in [1.54, 1.807) is 19.1 Å². The molecule has 1 aliphatic rings. The highest BCUT2D eigenvalue weighted by Gasteiger charge is 2.39. The minimum Gasteiger partial charge on any atom is -0.497 e. The first kappa shape index (κ1) is 17.5. The molecule has 128 valence electrons. The van der Waals surface area contributed by atoms with E-state index in [2.05, 4.69) is 5.10 Å². The molecular weight excluding hydrogens is 314 g/mol. The molecule has 1 heterocycles. The molecule has 2 rings (SSSR count). The number of hydrogen-bond donors (Lipinski definition) is 1. The number of benzene rings is 1. The maximum Gasteiger partial charge on any atom is 0.331 e. The van der Waals surface area contributed by atoms with Gasteiger partial charge in [-0.15, -0.1) is 0 Å². The van der Waals surface area contributed by atoms with Crippen molar-refractivity contribution in [3.8, 4) is 5.75 Å². The zero-order chi connectivity index (χ0) is 17.9. The molecule has 1 aromatic rings. The van der Waals surface area contributed by atoms with Crippen molar-refractivity contribution in [2.45, 2.75) is 26.3 Å². The van der Waals surface area contributed by atoms with Crippen molar-refractivity contribution in [2.75, 3.05) is 19.5 Å². The van der Waals surface area contributed by atoms with Crippen LogP contribution in [0.3, 0.4) is 0 Å². The lowest BCUT2D eigenvalue weighted by atomic mass is 10.0. The number of nitrogens with zero attached hydrogens (tertiary/aromatic N) is 2. The minimum atomic E-state index is -0.937. The number of carbonyl (C=O) groups excluding carboxylic acids is 3. The van der Waals surface area contributed by atoms with Gasteiger partial charge in [0.2, 0.25) is 11.7 Å². The molecular formula is C16H19N3O5. The molecule has 8 heteroatoms. The number of carbonyl (C=O) groups is 3. The number of hydrazone groups is 1. The summed E-state index contributed by atoms with van der Waals surface area (Å²) < 4.78 is 10.0. The quantitative estimate of drug-likeness (QED) is 0.489. The highest BCUT2D eigenvalue weighted by molar-refractivity contribution is 6.47. The Balaban J connectivity index is 2.32. The van der Waals surface area contributed by atoms with Gasteiger partial charge in [0.25, 0.3) is 0 Å². The van der Waals surface area contributed by atoms with Gasteiger partial charge in [0.05, 0.1) is 19.3 Å². The fourth-order valence-electron chi connectivity index (χ4n) is 2.37. The molecule has 0 aromatic heterocycles. The van der Waals surface area contributed by atoms with Crippen LogP contribution in [-0.2, 0) is 14.3 Å². The van der Waals surface area contributed by atoms with Gasteiger partial charge in [0.1, 0.15) is 11.5 Å². The van der Waals surface area contributed by atoms with Gasteiger partial charge in [-0.25, -0.2) is 9.80 Å². The van der Waals surface area contributed by atoms with Crippen molar-refractivity contribution in [1.29, 1.82) is 0 Å². The number of nitrogens with two attached hydrogens (primary N) is 1. The van der Waals surface area contributed by atoms with Crippen molar-refractivity contribution in [3.63, 3.8) is 0 Å². The molecule has 1 aliphatic heterocycles. The molecule has 0 bridgehead atoms. The lowest BCUT2D eigenvalue weighted by molar-refractivity contribution is -0.153. The molecule has 8 nitrogen and oxygen atoms in total. The normalized spacial score (nSPS) is 16.5. The number of ketones is 1. The molecule has 1 unspecified atom stereocenters. The summed E-state index contributed by atoms with van der Waals surface area (Å²) in [5, 5.41) is 4.97. The van der Waals surface area contributed by atoms with E-state index in [0.717, 1.165) is 5.01 Å². The second-order valence-corrected chi connectivity index (χ2v) is 5.16. The Morgan fingerprint density at radius 1 is 1.38 bits per heavy atom. The van der Waals surface area contributed by atoms with Crippen LogP contribution < -0.4 is 10.5 Å². The summed E-state index contributed by atoms with van der Waals surface area (Å²) in [7, 11) is 1.47. The first-order valence-electron chi connectivity index (χ1n) is 7.41. The van der Waals surface area contributed by atoms with E-state index in [0.29, 0.717) is 5.75 Å². The third kappa shape index (κ3) is 3.37. The van der Waals surface area contributed by atoms with Gasteiger partial charge in [0, 0.05) is 19.0 Å². The van der Waals surface area contributed by atoms with Crippen molar-refractivity contribution < 1.29 is 23.9 Å². The summed E-state index contributed by atoms with van der Waals surface area (Å²) >= 11 is 0. The van der Waals surface area contributed by atoms with Crippen LogP contribution in [0.4, 0.5) is 5.69 Å². The first-order valence-corrected chi connectivity index (χ1v) is 7.41. The molecule has 0 fully saturated rings. The topological polar surface area (TPSA) is 111 Å². The highest BCUT2D eigenvalue weighted by atomic mass is 16.5. The second kappa shape index (κ2) is 7.12. The largest absolute Gasteiger partial charge is 0.497 e. The van der Waals surface area contributed by atoms with E-state index in [1.807, 2.05) is 0 Å². The Morgan fingerprint density at radius 3 is 2.67 bits per heavy atom. The Morgan fingerprint density at radius 2 is 2.08 bits per heavy atom. The lowest BCUT2D eigenvalue weighted by Crippen LogP contribution is -2.38. The SMILES string of the molecule is CCOC(=O)C1CC(C(=O)c2cc(OC)ccc2N)=NN1C(C)=O. The van der Waals surface area contributed by atoms with Crippen LogP contribution in [0, 0.1) is 0 Å². The number of anilines is 1. The van der Waals surface area contributed by atoms with Gasteiger partial charge in [-0.2, -0.15) is 5.10 Å². The summed E-state index contributed by atoms with van der Waals surface area (Å²) in [6.07, 6.45) is -0.0199. The Bertz CT molecular complexity index is 714. The number of methoxy groups -OCH3 is 1. The molecule has 1 amide bonds. The van der Waals surface area contributed by atoms with Crippen LogP contribution in [0.15, 0.2) is 23.3 Å². The zero-order valence-corrected chi connectivity index (χ0v) is 13.7. The van der Waals surface area contributed by atoms with Gasteiger partial charge in [-0.1, -0.05) is 0 Å². The molecule has 1 atom stereocenters. The lowest BCUT2D eigenvalue weighted by Gasteiger charge is -2.17. The highest BCUT2D eigenvalue weighted by Crippen LogP contribution is 2.24. The van der Waals surface area contributed by atoms with Crippen LogP contribution in [0.5, 0.6) is 5.75 Å². The number of rotatable bonds is 5. The molecule has 2 N–H and O–H groups in total. The van der Waals surface area contributed by atoms with Crippen molar-refractivity contribution in [3.05, 3.63) is 23.8 Å². The average molecular weight is 333 g/mol. The number of amides is 1. The summed E-state index contributed by atoms with van der Waals surface area (Å²) in [6, 6.07) is 3.74. The molecule has 1 aromatic carbocycles. The first-order chi connectivity index (χ1) is 11.4. The van der Waals surface area contributed by atoms with Crippen LogP contribution >= 0.6 is 0 Å². The number of nitrogen functional groups attached to an aromatic ring is 1. The smallest absolute Gasteiger partial charge is 0.331 e. The van der Waals surface area contributed by atoms with Crippen LogP contribution in [0.2, 0.25) is 0 Å². The van der Waals surface area contributed by atoms with Crippen molar-refractivity contribution >= 4 is 29.1 Å². The minimum absolute atomic E-state index is 0.0199. The maximum atomic E-state index is 12.7. The van der Waals surface area contributed by atoms with Gasteiger partial charge in [-0.05, 0) is 25.1 Å². The average Bonchev–Trinajstić information content (AvgIpc) is 3.00. The standard InChI is InChI=1S/C16H19N3O5/c1-4-24-16(22)14-8-13(18-19(14)9(2)20)15(21)11-7-10(23-3)5-6-12(11)17/h5-7,14H,4,8,17H2,1-3H3. The zero-order valence-electron chi connectivity index (χ0n) is 13.7. The van der Waals surface area contributed by atoms with E-state index in [-0.39, 0.29) is 30.0 Å². The van der Waals surface area contributed by atoms with Gasteiger partial charge in [-0.3, -0.25) is 9.59 Å². The van der Waals surface area contributed by atoms with Crippen LogP contribution in [-0.4, -0.2) is 48.1 Å². The van der Waals surface area contributed by atoms with E-state index < -0.39 is 23.7 Å².